The molecule has 2 heterocycles. The lowest BCUT2D eigenvalue weighted by atomic mass is 10.0. The zero-order valence-electron chi connectivity index (χ0n) is 18.5. The van der Waals surface area contributed by atoms with E-state index < -0.39 is 0 Å². The molecular weight excluding hydrogens is 402 g/mol. The molecule has 2 aromatic carbocycles. The highest BCUT2D eigenvalue weighted by Gasteiger charge is 2.23. The molecule has 0 radical (unpaired) electrons. The van der Waals surface area contributed by atoms with Gasteiger partial charge in [-0.15, -0.1) is 0 Å². The summed E-state index contributed by atoms with van der Waals surface area (Å²) in [5, 5.41) is 0. The van der Waals surface area contributed by atoms with Gasteiger partial charge in [-0.3, -0.25) is 4.79 Å². The summed E-state index contributed by atoms with van der Waals surface area (Å²) in [6, 6.07) is 13.7. The largest absolute Gasteiger partial charge is 0.383 e. The van der Waals surface area contributed by atoms with Gasteiger partial charge >= 0.3 is 0 Å². The van der Waals surface area contributed by atoms with Crippen LogP contribution in [0.1, 0.15) is 33.3 Å². The number of benzene rings is 2. The number of nitrogens with zero attached hydrogens (tertiary/aromatic N) is 5. The van der Waals surface area contributed by atoms with Gasteiger partial charge in [-0.05, 0) is 44.5 Å². The van der Waals surface area contributed by atoms with Crippen molar-refractivity contribution in [3.8, 4) is 22.5 Å². The lowest BCUT2D eigenvalue weighted by Gasteiger charge is -2.25. The van der Waals surface area contributed by atoms with Crippen LogP contribution in [0.15, 0.2) is 59.9 Å². The summed E-state index contributed by atoms with van der Waals surface area (Å²) in [4.78, 5) is 28.3. The molecule has 1 amide bonds. The van der Waals surface area contributed by atoms with Crippen molar-refractivity contribution in [2.75, 3.05) is 5.73 Å². The van der Waals surface area contributed by atoms with E-state index in [1.807, 2.05) is 36.4 Å². The topological polar surface area (TPSA) is 125 Å². The number of anilines is 1. The molecule has 0 saturated heterocycles. The minimum Gasteiger partial charge on any atom is -0.383 e. The Balaban J connectivity index is 1.89. The predicted molar refractivity (Wildman–Crippen MR) is 127 cm³/mol. The summed E-state index contributed by atoms with van der Waals surface area (Å²) >= 11 is 0. The van der Waals surface area contributed by atoms with Crippen LogP contribution in [0.25, 0.3) is 33.5 Å². The van der Waals surface area contributed by atoms with E-state index in [-0.39, 0.29) is 23.2 Å². The standard InChI is InChI=1S/C24H25N7O/c1-14(32)29-21(25)16-6-5-7-17(10-16)22-30-19-11-15(18-12-27-23(26)28-13-18)8-9-20(19)31(22)24(2,3)4/h5-13H,1-4H3,(H2,25,29,32)(H2,26,27,28). The number of aliphatic imine (C=N–C) groups is 1. The molecule has 8 nitrogen and oxygen atoms in total. The predicted octanol–water partition coefficient (Wildman–Crippen LogP) is 3.75. The van der Waals surface area contributed by atoms with Gasteiger partial charge in [-0.2, -0.15) is 4.99 Å². The van der Waals surface area contributed by atoms with Crippen LogP contribution in [0.4, 0.5) is 5.95 Å². The first-order chi connectivity index (χ1) is 15.1. The number of rotatable bonds is 3. The van der Waals surface area contributed by atoms with Crippen LogP contribution in [0, 0.1) is 0 Å². The van der Waals surface area contributed by atoms with E-state index in [0.29, 0.717) is 5.56 Å². The summed E-state index contributed by atoms with van der Waals surface area (Å²) < 4.78 is 2.20. The van der Waals surface area contributed by atoms with E-state index >= 15 is 0 Å². The maximum Gasteiger partial charge on any atom is 0.244 e. The van der Waals surface area contributed by atoms with Crippen LogP contribution in [0.5, 0.6) is 0 Å². The fraction of sp³-hybridized carbons (Fsp3) is 0.208. The van der Waals surface area contributed by atoms with Gasteiger partial charge in [0.05, 0.1) is 11.0 Å². The third kappa shape index (κ3) is 4.07. The van der Waals surface area contributed by atoms with Crippen molar-refractivity contribution in [1.29, 1.82) is 0 Å². The van der Waals surface area contributed by atoms with Gasteiger partial charge in [0.15, 0.2) is 0 Å². The molecule has 4 N–H and O–H groups in total. The Morgan fingerprint density at radius 3 is 2.38 bits per heavy atom. The fourth-order valence-corrected chi connectivity index (χ4v) is 3.67. The van der Waals surface area contributed by atoms with Gasteiger partial charge in [-0.25, -0.2) is 15.0 Å². The Morgan fingerprint density at radius 2 is 1.72 bits per heavy atom. The van der Waals surface area contributed by atoms with E-state index in [9.17, 15) is 4.79 Å². The Morgan fingerprint density at radius 1 is 1.00 bits per heavy atom. The van der Waals surface area contributed by atoms with Gasteiger partial charge in [0.25, 0.3) is 0 Å². The molecule has 2 aromatic heterocycles. The number of hydrogen-bond acceptors (Lipinski definition) is 5. The first kappa shape index (κ1) is 21.2. The van der Waals surface area contributed by atoms with Crippen LogP contribution in [-0.2, 0) is 10.3 Å². The molecule has 0 aliphatic heterocycles. The highest BCUT2D eigenvalue weighted by Crippen LogP contribution is 2.33. The molecule has 0 aliphatic rings. The van der Waals surface area contributed by atoms with Gasteiger partial charge in [0.2, 0.25) is 11.9 Å². The van der Waals surface area contributed by atoms with Crippen molar-refractivity contribution in [2.45, 2.75) is 33.2 Å². The van der Waals surface area contributed by atoms with Crippen molar-refractivity contribution in [2.24, 2.45) is 10.7 Å². The van der Waals surface area contributed by atoms with Crippen molar-refractivity contribution >= 4 is 28.7 Å². The molecule has 0 fully saturated rings. The number of amidine groups is 1. The Bertz CT molecular complexity index is 1350. The SMILES string of the molecule is CC(=O)N=C(N)c1cccc(-c2nc3cc(-c4cnc(N)nc4)ccc3n2C(C)(C)C)c1. The number of nitrogens with two attached hydrogens (primary N) is 2. The number of hydrogen-bond donors (Lipinski definition) is 2. The van der Waals surface area contributed by atoms with Crippen molar-refractivity contribution in [3.63, 3.8) is 0 Å². The van der Waals surface area contributed by atoms with Gasteiger partial charge in [0.1, 0.15) is 11.7 Å². The molecule has 0 spiro atoms. The zero-order chi connectivity index (χ0) is 23.0. The Labute approximate surface area is 186 Å². The molecule has 4 rings (SSSR count). The molecule has 0 atom stereocenters. The first-order valence-electron chi connectivity index (χ1n) is 10.2. The summed E-state index contributed by atoms with van der Waals surface area (Å²) in [6.07, 6.45) is 3.40. The zero-order valence-corrected chi connectivity index (χ0v) is 18.5. The monoisotopic (exact) mass is 427 g/mol. The highest BCUT2D eigenvalue weighted by atomic mass is 16.1. The van der Waals surface area contributed by atoms with Crippen molar-refractivity contribution in [3.05, 3.63) is 60.4 Å². The molecule has 0 bridgehead atoms. The van der Waals surface area contributed by atoms with Crippen molar-refractivity contribution < 1.29 is 4.79 Å². The summed E-state index contributed by atoms with van der Waals surface area (Å²) in [6.45, 7) is 7.78. The Kier molecular flexibility index (Phi) is 5.22. The van der Waals surface area contributed by atoms with Crippen LogP contribution < -0.4 is 11.5 Å². The maximum atomic E-state index is 11.4. The molecule has 0 aliphatic carbocycles. The van der Waals surface area contributed by atoms with Crippen LogP contribution in [0.2, 0.25) is 0 Å². The van der Waals surface area contributed by atoms with Crippen LogP contribution >= 0.6 is 0 Å². The quantitative estimate of drug-likeness (QED) is 0.379. The van der Waals surface area contributed by atoms with E-state index in [0.717, 1.165) is 33.5 Å². The van der Waals surface area contributed by atoms with E-state index in [1.54, 1.807) is 12.4 Å². The van der Waals surface area contributed by atoms with E-state index in [4.69, 9.17) is 16.5 Å². The third-order valence-electron chi connectivity index (χ3n) is 5.02. The number of imidazole rings is 1. The number of carbonyl (C=O) groups is 1. The molecule has 4 aromatic rings. The van der Waals surface area contributed by atoms with Gasteiger partial charge in [-0.1, -0.05) is 24.3 Å². The minimum absolute atomic E-state index is 0.184. The molecule has 8 heteroatoms. The summed E-state index contributed by atoms with van der Waals surface area (Å²) in [5.41, 5.74) is 16.6. The molecular formula is C24H25N7O. The average molecular weight is 428 g/mol. The second kappa shape index (κ2) is 7.88. The molecule has 162 valence electrons. The highest BCUT2D eigenvalue weighted by molar-refractivity contribution is 6.04. The molecule has 32 heavy (non-hydrogen) atoms. The van der Waals surface area contributed by atoms with Crippen molar-refractivity contribution in [1.82, 2.24) is 19.5 Å². The normalized spacial score (nSPS) is 12.3. The average Bonchev–Trinajstić information content (AvgIpc) is 3.13. The van der Waals surface area contributed by atoms with Gasteiger partial charge in [0, 0.05) is 41.5 Å². The second-order valence-electron chi connectivity index (χ2n) is 8.57. The number of nitrogen functional groups attached to an aromatic ring is 1. The Hall–Kier alpha value is -4.07. The number of amides is 1. The smallest absolute Gasteiger partial charge is 0.244 e. The third-order valence-corrected chi connectivity index (χ3v) is 5.02. The maximum absolute atomic E-state index is 11.4. The molecule has 0 saturated carbocycles. The van der Waals surface area contributed by atoms with E-state index in [2.05, 4.69) is 46.4 Å². The number of carbonyl (C=O) groups excluding carboxylic acids is 1. The molecule has 0 unspecified atom stereocenters. The fourth-order valence-electron chi connectivity index (χ4n) is 3.67. The minimum atomic E-state index is -0.339. The van der Waals surface area contributed by atoms with Gasteiger partial charge < -0.3 is 16.0 Å². The number of aromatic nitrogens is 4. The first-order valence-corrected chi connectivity index (χ1v) is 10.2. The lowest BCUT2D eigenvalue weighted by molar-refractivity contribution is -0.115. The number of fused-ring (bicyclic) bond motifs is 1. The van der Waals surface area contributed by atoms with E-state index in [1.165, 1.54) is 6.92 Å². The summed E-state index contributed by atoms with van der Waals surface area (Å²) in [5.74, 6) is 0.884. The summed E-state index contributed by atoms with van der Waals surface area (Å²) in [7, 11) is 0. The van der Waals surface area contributed by atoms with Crippen LogP contribution in [-0.4, -0.2) is 31.3 Å². The van der Waals surface area contributed by atoms with Crippen LogP contribution in [0.3, 0.4) is 0 Å². The second-order valence-corrected chi connectivity index (χ2v) is 8.57. The lowest BCUT2D eigenvalue weighted by Crippen LogP contribution is -2.22.